The summed E-state index contributed by atoms with van der Waals surface area (Å²) in [6.07, 6.45) is 3.14. The second-order valence-corrected chi connectivity index (χ2v) is 3.57. The van der Waals surface area contributed by atoms with Crippen LogP contribution in [0, 0.1) is 11.6 Å². The van der Waals surface area contributed by atoms with Crippen molar-refractivity contribution in [2.75, 3.05) is 7.05 Å². The largest absolute Gasteiger partial charge is 0.309 e. The summed E-state index contributed by atoms with van der Waals surface area (Å²) in [6.45, 7) is 0. The summed E-state index contributed by atoms with van der Waals surface area (Å²) in [4.78, 5) is 0. The van der Waals surface area contributed by atoms with E-state index in [1.54, 1.807) is 31.6 Å². The van der Waals surface area contributed by atoms with Crippen LogP contribution in [0.5, 0.6) is 0 Å². The third-order valence-corrected chi connectivity index (χ3v) is 2.51. The number of rotatable bonds is 3. The van der Waals surface area contributed by atoms with E-state index in [1.807, 2.05) is 0 Å². The van der Waals surface area contributed by atoms with Gasteiger partial charge in [0.25, 0.3) is 0 Å². The van der Waals surface area contributed by atoms with Crippen molar-refractivity contribution in [2.24, 2.45) is 0 Å². The van der Waals surface area contributed by atoms with Gasteiger partial charge in [-0.2, -0.15) is 10.2 Å². The Kier molecular flexibility index (Phi) is 3.39. The van der Waals surface area contributed by atoms with Crippen LogP contribution >= 0.6 is 0 Å². The van der Waals surface area contributed by atoms with Crippen LogP contribution in [0.1, 0.15) is 17.2 Å². The van der Waals surface area contributed by atoms with Crippen LogP contribution in [0.25, 0.3) is 0 Å². The third kappa shape index (κ3) is 2.45. The molecule has 3 nitrogen and oxygen atoms in total. The molecule has 0 aliphatic carbocycles. The molecule has 1 atom stereocenters. The summed E-state index contributed by atoms with van der Waals surface area (Å²) in [5, 5.41) is 10.5. The van der Waals surface area contributed by atoms with Gasteiger partial charge in [-0.15, -0.1) is 0 Å². The van der Waals surface area contributed by atoms with Crippen LogP contribution < -0.4 is 5.32 Å². The van der Waals surface area contributed by atoms with Gasteiger partial charge in [-0.1, -0.05) is 6.07 Å². The van der Waals surface area contributed by atoms with Crippen LogP contribution in [0.4, 0.5) is 8.78 Å². The minimum absolute atomic E-state index is 0.236. The van der Waals surface area contributed by atoms with E-state index >= 15 is 0 Å². The van der Waals surface area contributed by atoms with E-state index in [4.69, 9.17) is 0 Å². The summed E-state index contributed by atoms with van der Waals surface area (Å²) >= 11 is 0. The molecule has 0 radical (unpaired) electrons. The average molecular weight is 235 g/mol. The van der Waals surface area contributed by atoms with Crippen molar-refractivity contribution in [1.82, 2.24) is 15.5 Å². The van der Waals surface area contributed by atoms with Crippen molar-refractivity contribution in [1.29, 1.82) is 0 Å². The molecule has 0 saturated carbocycles. The molecule has 88 valence electrons. The summed E-state index contributed by atoms with van der Waals surface area (Å²) in [5.74, 6) is -1.71. The molecule has 17 heavy (non-hydrogen) atoms. The minimum Gasteiger partial charge on any atom is -0.309 e. The van der Waals surface area contributed by atoms with Crippen molar-refractivity contribution in [3.63, 3.8) is 0 Å². The zero-order chi connectivity index (χ0) is 12.3. The van der Waals surface area contributed by atoms with Gasteiger partial charge in [0.15, 0.2) is 11.6 Å². The number of nitrogens with one attached hydrogen (secondary N) is 1. The molecule has 2 rings (SSSR count). The van der Waals surface area contributed by atoms with Crippen LogP contribution in [-0.2, 0) is 0 Å². The molecule has 0 saturated heterocycles. The van der Waals surface area contributed by atoms with Gasteiger partial charge < -0.3 is 5.32 Å². The first kappa shape index (κ1) is 11.6. The number of hydrogen-bond acceptors (Lipinski definition) is 3. The normalized spacial score (nSPS) is 12.4. The van der Waals surface area contributed by atoms with Crippen LogP contribution in [0.3, 0.4) is 0 Å². The summed E-state index contributed by atoms with van der Waals surface area (Å²) in [7, 11) is 1.74. The molecule has 0 spiro atoms. The molecule has 2 aromatic rings. The van der Waals surface area contributed by atoms with Gasteiger partial charge in [0, 0.05) is 6.20 Å². The first-order valence-electron chi connectivity index (χ1n) is 5.11. The number of benzene rings is 1. The zero-order valence-electron chi connectivity index (χ0n) is 9.19. The maximum Gasteiger partial charge on any atom is 0.159 e. The molecular weight excluding hydrogens is 224 g/mol. The second-order valence-electron chi connectivity index (χ2n) is 3.57. The predicted molar refractivity (Wildman–Crippen MR) is 59.3 cm³/mol. The lowest BCUT2D eigenvalue weighted by atomic mass is 10.0. The molecule has 0 amide bonds. The van der Waals surface area contributed by atoms with Crippen molar-refractivity contribution < 1.29 is 8.78 Å². The van der Waals surface area contributed by atoms with E-state index in [0.717, 1.165) is 11.6 Å². The van der Waals surface area contributed by atoms with E-state index in [-0.39, 0.29) is 6.04 Å². The highest BCUT2D eigenvalue weighted by Crippen LogP contribution is 2.22. The van der Waals surface area contributed by atoms with E-state index in [0.29, 0.717) is 5.56 Å². The standard InChI is InChI=1S/C12H11F2N3/c1-15-12(9-4-5-16-17-7-9)8-2-3-10(13)11(14)6-8/h2-7,12,15H,1H3. The molecular formula is C12H11F2N3. The lowest BCUT2D eigenvalue weighted by Gasteiger charge is -2.16. The Morgan fingerprint density at radius 2 is 1.88 bits per heavy atom. The lowest BCUT2D eigenvalue weighted by molar-refractivity contribution is 0.505. The minimum atomic E-state index is -0.857. The SMILES string of the molecule is CNC(c1ccnnc1)c1ccc(F)c(F)c1. The van der Waals surface area contributed by atoms with Gasteiger partial charge in [0.1, 0.15) is 0 Å². The first-order valence-corrected chi connectivity index (χ1v) is 5.11. The highest BCUT2D eigenvalue weighted by Gasteiger charge is 2.14. The van der Waals surface area contributed by atoms with Gasteiger partial charge in [-0.3, -0.25) is 0 Å². The fourth-order valence-corrected chi connectivity index (χ4v) is 1.69. The van der Waals surface area contributed by atoms with Gasteiger partial charge in [0.05, 0.1) is 12.2 Å². The highest BCUT2D eigenvalue weighted by molar-refractivity contribution is 5.30. The third-order valence-electron chi connectivity index (χ3n) is 2.51. The predicted octanol–water partition coefficient (Wildman–Crippen LogP) is 2.06. The Morgan fingerprint density at radius 3 is 2.47 bits per heavy atom. The topological polar surface area (TPSA) is 37.8 Å². The maximum atomic E-state index is 13.2. The van der Waals surface area contributed by atoms with Crippen molar-refractivity contribution in [3.8, 4) is 0 Å². The quantitative estimate of drug-likeness (QED) is 0.884. The van der Waals surface area contributed by atoms with Crippen molar-refractivity contribution in [3.05, 3.63) is 59.4 Å². The molecule has 1 aromatic heterocycles. The zero-order valence-corrected chi connectivity index (χ0v) is 9.19. The molecule has 1 aromatic carbocycles. The number of halogens is 2. The van der Waals surface area contributed by atoms with E-state index < -0.39 is 11.6 Å². The number of hydrogen-bond donors (Lipinski definition) is 1. The maximum absolute atomic E-state index is 13.2. The molecule has 1 unspecified atom stereocenters. The number of nitrogens with zero attached hydrogens (tertiary/aromatic N) is 2. The molecule has 0 aliphatic rings. The summed E-state index contributed by atoms with van der Waals surface area (Å²) in [6, 6.07) is 5.37. The highest BCUT2D eigenvalue weighted by atomic mass is 19.2. The van der Waals surface area contributed by atoms with Crippen molar-refractivity contribution >= 4 is 0 Å². The molecule has 1 heterocycles. The molecule has 0 fully saturated rings. The first-order chi connectivity index (χ1) is 8.22. The lowest BCUT2D eigenvalue weighted by Crippen LogP contribution is -2.18. The smallest absolute Gasteiger partial charge is 0.159 e. The van der Waals surface area contributed by atoms with Crippen LogP contribution in [0.2, 0.25) is 0 Å². The molecule has 5 heteroatoms. The van der Waals surface area contributed by atoms with Gasteiger partial charge in [-0.25, -0.2) is 8.78 Å². The summed E-state index contributed by atoms with van der Waals surface area (Å²) < 4.78 is 26.0. The van der Waals surface area contributed by atoms with Crippen LogP contribution in [0.15, 0.2) is 36.7 Å². The monoisotopic (exact) mass is 235 g/mol. The average Bonchev–Trinajstić information content (AvgIpc) is 2.36. The number of aromatic nitrogens is 2. The fourth-order valence-electron chi connectivity index (χ4n) is 1.69. The van der Waals surface area contributed by atoms with E-state index in [1.165, 1.54) is 6.07 Å². The Hall–Kier alpha value is -1.88. The fraction of sp³-hybridized carbons (Fsp3) is 0.167. The van der Waals surface area contributed by atoms with Gasteiger partial charge >= 0.3 is 0 Å². The van der Waals surface area contributed by atoms with Crippen molar-refractivity contribution in [2.45, 2.75) is 6.04 Å². The Balaban J connectivity index is 2.39. The van der Waals surface area contributed by atoms with Gasteiger partial charge in [-0.05, 0) is 36.4 Å². The summed E-state index contributed by atoms with van der Waals surface area (Å²) in [5.41, 5.74) is 1.48. The Bertz CT molecular complexity index is 502. The second kappa shape index (κ2) is 4.97. The Labute approximate surface area is 97.5 Å². The molecule has 0 bridgehead atoms. The molecule has 0 aliphatic heterocycles. The van der Waals surface area contributed by atoms with Gasteiger partial charge in [0.2, 0.25) is 0 Å². The van der Waals surface area contributed by atoms with E-state index in [9.17, 15) is 8.78 Å². The Morgan fingerprint density at radius 1 is 1.06 bits per heavy atom. The molecule has 1 N–H and O–H groups in total. The van der Waals surface area contributed by atoms with Crippen LogP contribution in [-0.4, -0.2) is 17.2 Å². The van der Waals surface area contributed by atoms with E-state index in [2.05, 4.69) is 15.5 Å².